The van der Waals surface area contributed by atoms with Crippen LogP contribution in [0.5, 0.6) is 5.75 Å². The van der Waals surface area contributed by atoms with E-state index in [2.05, 4.69) is 38.5 Å². The predicted molar refractivity (Wildman–Crippen MR) is 106 cm³/mol. The fourth-order valence-electron chi connectivity index (χ4n) is 5.88. The van der Waals surface area contributed by atoms with Crippen molar-refractivity contribution in [2.24, 2.45) is 5.92 Å². The minimum Gasteiger partial charge on any atom is -0.496 e. The Morgan fingerprint density at radius 2 is 2.18 bits per heavy atom. The molecule has 3 aliphatic rings. The average Bonchev–Trinajstić information content (AvgIpc) is 3.46. The lowest BCUT2D eigenvalue weighted by molar-refractivity contribution is -0.137. The first-order valence-electron chi connectivity index (χ1n) is 10.4. The van der Waals surface area contributed by atoms with Crippen molar-refractivity contribution in [3.8, 4) is 5.75 Å². The van der Waals surface area contributed by atoms with Crippen LogP contribution in [0.1, 0.15) is 43.6 Å². The smallest absolute Gasteiger partial charge is 0.243 e. The number of aromatic nitrogens is 2. The lowest BCUT2D eigenvalue weighted by Crippen LogP contribution is -2.49. The monoisotopic (exact) mass is 380 g/mol. The van der Waals surface area contributed by atoms with Crippen LogP contribution in [0, 0.1) is 5.92 Å². The predicted octanol–water partition coefficient (Wildman–Crippen LogP) is 2.85. The third-order valence-electron chi connectivity index (χ3n) is 7.07. The fraction of sp³-hybridized carbons (Fsp3) is 0.545. The molecule has 5 rings (SSSR count). The summed E-state index contributed by atoms with van der Waals surface area (Å²) >= 11 is 0. The molecule has 6 heteroatoms. The van der Waals surface area contributed by atoms with Gasteiger partial charge in [-0.25, -0.2) is 4.98 Å². The number of carbonyl (C=O) groups is 1. The van der Waals surface area contributed by atoms with Crippen LogP contribution in [0.2, 0.25) is 0 Å². The second kappa shape index (κ2) is 6.62. The Balaban J connectivity index is 1.43. The van der Waals surface area contributed by atoms with E-state index in [0.29, 0.717) is 18.4 Å². The number of carbonyl (C=O) groups excluding carboxylic acids is 1. The van der Waals surface area contributed by atoms with E-state index >= 15 is 0 Å². The SMILES string of the molecule is CCn1ccnc1[C@@H]1C[C@H]2CN(Cc3ccccc3OC)C(=O)[C@]23CCCN13. The summed E-state index contributed by atoms with van der Waals surface area (Å²) in [5.74, 6) is 2.67. The van der Waals surface area contributed by atoms with Gasteiger partial charge in [0.2, 0.25) is 5.91 Å². The van der Waals surface area contributed by atoms with E-state index in [0.717, 1.165) is 56.0 Å². The van der Waals surface area contributed by atoms with Gasteiger partial charge < -0.3 is 14.2 Å². The minimum absolute atomic E-state index is 0.264. The Morgan fingerprint density at radius 3 is 3.00 bits per heavy atom. The number of nitrogens with zero attached hydrogens (tertiary/aromatic N) is 4. The molecule has 6 nitrogen and oxygen atoms in total. The molecule has 1 spiro atoms. The first-order chi connectivity index (χ1) is 13.7. The van der Waals surface area contributed by atoms with Crippen molar-refractivity contribution >= 4 is 5.91 Å². The van der Waals surface area contributed by atoms with Gasteiger partial charge in [0.05, 0.1) is 13.2 Å². The minimum atomic E-state index is -0.322. The highest BCUT2D eigenvalue weighted by atomic mass is 16.5. The molecule has 3 saturated heterocycles. The van der Waals surface area contributed by atoms with Gasteiger partial charge >= 0.3 is 0 Å². The molecule has 4 heterocycles. The number of hydrogen-bond acceptors (Lipinski definition) is 4. The number of rotatable bonds is 5. The molecule has 1 aromatic heterocycles. The van der Waals surface area contributed by atoms with Crippen LogP contribution in [-0.4, -0.2) is 51.0 Å². The molecule has 0 aliphatic carbocycles. The van der Waals surface area contributed by atoms with Gasteiger partial charge in [-0.1, -0.05) is 18.2 Å². The highest BCUT2D eigenvalue weighted by Gasteiger charge is 2.65. The summed E-state index contributed by atoms with van der Waals surface area (Å²) in [6, 6.07) is 8.28. The third-order valence-corrected chi connectivity index (χ3v) is 7.07. The van der Waals surface area contributed by atoms with E-state index in [-0.39, 0.29) is 11.6 Å². The second-order valence-corrected chi connectivity index (χ2v) is 8.24. The lowest BCUT2D eigenvalue weighted by atomic mass is 9.85. The number of ether oxygens (including phenoxy) is 1. The third kappa shape index (κ3) is 2.37. The zero-order chi connectivity index (χ0) is 19.3. The number of amides is 1. The van der Waals surface area contributed by atoms with Crippen LogP contribution in [0.25, 0.3) is 0 Å². The summed E-state index contributed by atoms with van der Waals surface area (Å²) < 4.78 is 7.73. The second-order valence-electron chi connectivity index (χ2n) is 8.24. The largest absolute Gasteiger partial charge is 0.496 e. The standard InChI is InChI=1S/C22H28N4O2/c1-3-24-12-10-23-20(24)18-13-17-15-25(14-16-7-4-5-8-19(16)28-2)21(27)22(17)9-6-11-26(18)22/h4-5,7-8,10,12,17-18H,3,6,9,11,13-15H2,1-2H3/t17-,18-,22-/m0/s1. The molecule has 0 unspecified atom stereocenters. The van der Waals surface area contributed by atoms with E-state index in [4.69, 9.17) is 4.74 Å². The highest BCUT2D eigenvalue weighted by Crippen LogP contribution is 2.56. The van der Waals surface area contributed by atoms with Gasteiger partial charge in [-0.05, 0) is 32.3 Å². The molecular weight excluding hydrogens is 352 g/mol. The number of methoxy groups -OCH3 is 1. The van der Waals surface area contributed by atoms with Crippen molar-refractivity contribution in [1.82, 2.24) is 19.4 Å². The quantitative estimate of drug-likeness (QED) is 0.800. The lowest BCUT2D eigenvalue weighted by Gasteiger charge is -2.33. The maximum atomic E-state index is 13.7. The number of likely N-dealkylation sites (tertiary alicyclic amines) is 1. The molecule has 2 aromatic rings. The molecule has 3 fully saturated rings. The molecule has 28 heavy (non-hydrogen) atoms. The number of hydrogen-bond donors (Lipinski definition) is 0. The molecule has 0 bridgehead atoms. The fourth-order valence-corrected chi connectivity index (χ4v) is 5.88. The van der Waals surface area contributed by atoms with E-state index in [9.17, 15) is 4.79 Å². The van der Waals surface area contributed by atoms with Crippen LogP contribution >= 0.6 is 0 Å². The van der Waals surface area contributed by atoms with Gasteiger partial charge in [0, 0.05) is 50.1 Å². The number of para-hydroxylation sites is 1. The van der Waals surface area contributed by atoms with Crippen molar-refractivity contribution < 1.29 is 9.53 Å². The number of benzene rings is 1. The number of imidazole rings is 1. The first kappa shape index (κ1) is 17.7. The number of aryl methyl sites for hydroxylation is 1. The summed E-state index contributed by atoms with van der Waals surface area (Å²) in [7, 11) is 1.69. The zero-order valence-corrected chi connectivity index (χ0v) is 16.7. The van der Waals surface area contributed by atoms with Crippen molar-refractivity contribution in [1.29, 1.82) is 0 Å². The van der Waals surface area contributed by atoms with Crippen molar-refractivity contribution in [3.63, 3.8) is 0 Å². The molecule has 0 radical (unpaired) electrons. The molecule has 3 atom stereocenters. The maximum absolute atomic E-state index is 13.7. The Morgan fingerprint density at radius 1 is 1.32 bits per heavy atom. The summed E-state index contributed by atoms with van der Waals surface area (Å²) in [6.45, 7) is 5.53. The van der Waals surface area contributed by atoms with E-state index in [1.807, 2.05) is 24.4 Å². The van der Waals surface area contributed by atoms with E-state index in [1.165, 1.54) is 0 Å². The van der Waals surface area contributed by atoms with Gasteiger partial charge in [0.1, 0.15) is 17.1 Å². The Labute approximate surface area is 166 Å². The van der Waals surface area contributed by atoms with Crippen molar-refractivity contribution in [2.75, 3.05) is 20.2 Å². The van der Waals surface area contributed by atoms with Gasteiger partial charge in [-0.3, -0.25) is 9.69 Å². The van der Waals surface area contributed by atoms with Gasteiger partial charge in [0.15, 0.2) is 0 Å². The first-order valence-corrected chi connectivity index (χ1v) is 10.4. The Hall–Kier alpha value is -2.34. The maximum Gasteiger partial charge on any atom is 0.243 e. The Kier molecular flexibility index (Phi) is 4.19. The average molecular weight is 380 g/mol. The van der Waals surface area contributed by atoms with E-state index < -0.39 is 0 Å². The van der Waals surface area contributed by atoms with Crippen LogP contribution in [-0.2, 0) is 17.9 Å². The van der Waals surface area contributed by atoms with Gasteiger partial charge in [-0.15, -0.1) is 0 Å². The van der Waals surface area contributed by atoms with E-state index in [1.54, 1.807) is 7.11 Å². The highest BCUT2D eigenvalue weighted by molar-refractivity contribution is 5.90. The van der Waals surface area contributed by atoms with Crippen molar-refractivity contribution in [3.05, 3.63) is 48.0 Å². The summed E-state index contributed by atoms with van der Waals surface area (Å²) in [5.41, 5.74) is 0.759. The molecular formula is C22H28N4O2. The molecule has 0 saturated carbocycles. The van der Waals surface area contributed by atoms with Crippen LogP contribution < -0.4 is 4.74 Å². The Bertz CT molecular complexity index is 894. The molecule has 1 aromatic carbocycles. The summed E-state index contributed by atoms with van der Waals surface area (Å²) in [4.78, 5) is 22.9. The van der Waals surface area contributed by atoms with Crippen molar-refractivity contribution in [2.45, 2.75) is 50.9 Å². The zero-order valence-electron chi connectivity index (χ0n) is 16.7. The van der Waals surface area contributed by atoms with Gasteiger partial charge in [0.25, 0.3) is 0 Å². The molecule has 1 amide bonds. The topological polar surface area (TPSA) is 50.6 Å². The molecule has 3 aliphatic heterocycles. The molecule has 148 valence electrons. The molecule has 0 N–H and O–H groups in total. The van der Waals surface area contributed by atoms with Crippen LogP contribution in [0.4, 0.5) is 0 Å². The normalized spacial score (nSPS) is 29.4. The van der Waals surface area contributed by atoms with Gasteiger partial charge in [-0.2, -0.15) is 0 Å². The summed E-state index contributed by atoms with van der Waals surface area (Å²) in [5, 5.41) is 0. The van der Waals surface area contributed by atoms with Crippen LogP contribution in [0.15, 0.2) is 36.7 Å². The van der Waals surface area contributed by atoms with Crippen LogP contribution in [0.3, 0.4) is 0 Å². The summed E-state index contributed by atoms with van der Waals surface area (Å²) in [6.07, 6.45) is 7.04.